The van der Waals surface area contributed by atoms with Gasteiger partial charge in [-0.25, -0.2) is 0 Å². The van der Waals surface area contributed by atoms with Crippen molar-refractivity contribution < 1.29 is 4.79 Å². The van der Waals surface area contributed by atoms with Crippen LogP contribution in [0, 0.1) is 11.3 Å². The molecule has 1 fully saturated rings. The number of hydrogen-bond acceptors (Lipinski definition) is 3. The van der Waals surface area contributed by atoms with E-state index in [4.69, 9.17) is 5.26 Å². The Morgan fingerprint density at radius 3 is 2.95 bits per heavy atom. The fraction of sp³-hybridized carbons (Fsp3) is 0.214. The Bertz CT molecular complexity index is 664. The Morgan fingerprint density at radius 1 is 1.42 bits per heavy atom. The summed E-state index contributed by atoms with van der Waals surface area (Å²) in [6, 6.07) is 9.24. The van der Waals surface area contributed by atoms with Crippen LogP contribution in [0.4, 0.5) is 0 Å². The third kappa shape index (κ3) is 1.97. The van der Waals surface area contributed by atoms with Crippen LogP contribution in [0.2, 0.25) is 0 Å². The normalized spacial score (nSPS) is 13.7. The van der Waals surface area contributed by atoms with Crippen LogP contribution < -0.4 is 0 Å². The fourth-order valence-electron chi connectivity index (χ4n) is 2.10. The molecule has 1 amide bonds. The second kappa shape index (κ2) is 4.58. The predicted octanol–water partition coefficient (Wildman–Crippen LogP) is 1.79. The largest absolute Gasteiger partial charge is 0.338 e. The van der Waals surface area contributed by atoms with Crippen molar-refractivity contribution in [3.63, 3.8) is 0 Å². The summed E-state index contributed by atoms with van der Waals surface area (Å²) >= 11 is 0. The maximum atomic E-state index is 12.2. The molecule has 1 aliphatic rings. The molecule has 0 spiro atoms. The summed E-state index contributed by atoms with van der Waals surface area (Å²) in [5, 5.41) is 15.7. The number of nitrogens with zero attached hydrogens (tertiary/aromatic N) is 3. The zero-order chi connectivity index (χ0) is 13.2. The Morgan fingerprint density at radius 2 is 2.26 bits per heavy atom. The monoisotopic (exact) mass is 252 g/mol. The van der Waals surface area contributed by atoms with Crippen molar-refractivity contribution in [2.75, 3.05) is 13.1 Å². The highest BCUT2D eigenvalue weighted by Gasteiger charge is 2.25. The van der Waals surface area contributed by atoms with Gasteiger partial charge in [-0.15, -0.1) is 0 Å². The van der Waals surface area contributed by atoms with E-state index in [1.54, 1.807) is 29.3 Å². The van der Waals surface area contributed by atoms with Gasteiger partial charge in [-0.2, -0.15) is 10.4 Å². The lowest BCUT2D eigenvalue weighted by Gasteiger charge is -2.30. The average Bonchev–Trinajstić information content (AvgIpc) is 2.86. The van der Waals surface area contributed by atoms with Crippen LogP contribution >= 0.6 is 0 Å². The van der Waals surface area contributed by atoms with Crippen LogP contribution in [-0.2, 0) is 0 Å². The Hall–Kier alpha value is -2.61. The highest BCUT2D eigenvalue weighted by molar-refractivity contribution is 6.00. The molecule has 0 radical (unpaired) electrons. The summed E-state index contributed by atoms with van der Waals surface area (Å²) in [5.74, 6) is -0.00244. The molecule has 0 aliphatic carbocycles. The number of carbonyl (C=O) groups excluding carboxylic acids is 1. The lowest BCUT2D eigenvalue weighted by molar-refractivity contribution is 0.0652. The third-order valence-corrected chi connectivity index (χ3v) is 3.29. The number of rotatable bonds is 2. The van der Waals surface area contributed by atoms with Gasteiger partial charge in [0.05, 0.1) is 29.1 Å². The minimum absolute atomic E-state index is 0.00244. The van der Waals surface area contributed by atoms with Gasteiger partial charge in [-0.3, -0.25) is 9.89 Å². The number of likely N-dealkylation sites (tertiary alicyclic amines) is 1. The lowest BCUT2D eigenvalue weighted by atomic mass is 10.0. The quantitative estimate of drug-likeness (QED) is 0.885. The molecule has 19 heavy (non-hydrogen) atoms. The molecule has 1 N–H and O–H groups in total. The van der Waals surface area contributed by atoms with E-state index in [0.29, 0.717) is 16.8 Å². The highest BCUT2D eigenvalue weighted by atomic mass is 16.2. The van der Waals surface area contributed by atoms with Crippen LogP contribution in [-0.4, -0.2) is 34.1 Å². The first-order valence-corrected chi connectivity index (χ1v) is 6.13. The molecule has 2 aromatic rings. The second-order valence-electron chi connectivity index (χ2n) is 4.50. The number of H-pyrrole nitrogens is 1. The second-order valence-corrected chi connectivity index (χ2v) is 4.50. The van der Waals surface area contributed by atoms with Crippen LogP contribution in [0.25, 0.3) is 11.3 Å². The molecule has 1 saturated heterocycles. The van der Waals surface area contributed by atoms with Crippen LogP contribution in [0.3, 0.4) is 0 Å². The zero-order valence-electron chi connectivity index (χ0n) is 10.3. The highest BCUT2D eigenvalue weighted by Crippen LogP contribution is 2.24. The number of amides is 1. The summed E-state index contributed by atoms with van der Waals surface area (Å²) in [6.45, 7) is 1.61. The molecule has 1 aromatic carbocycles. The topological polar surface area (TPSA) is 72.8 Å². The van der Waals surface area contributed by atoms with Crippen molar-refractivity contribution in [1.82, 2.24) is 15.1 Å². The molecule has 1 aromatic heterocycles. The van der Waals surface area contributed by atoms with Gasteiger partial charge in [0.25, 0.3) is 5.91 Å². The molecular formula is C14H12N4O. The number of hydrogen-bond donors (Lipinski definition) is 1. The summed E-state index contributed by atoms with van der Waals surface area (Å²) < 4.78 is 0. The first-order chi connectivity index (χ1) is 9.29. The van der Waals surface area contributed by atoms with Crippen LogP contribution in [0.5, 0.6) is 0 Å². The van der Waals surface area contributed by atoms with Gasteiger partial charge < -0.3 is 4.90 Å². The molecule has 0 unspecified atom stereocenters. The molecule has 0 atom stereocenters. The first kappa shape index (κ1) is 11.5. The minimum atomic E-state index is -0.00244. The fourth-order valence-corrected chi connectivity index (χ4v) is 2.10. The maximum Gasteiger partial charge on any atom is 0.257 e. The van der Waals surface area contributed by atoms with E-state index in [1.165, 1.54) is 0 Å². The van der Waals surface area contributed by atoms with Gasteiger partial charge >= 0.3 is 0 Å². The van der Waals surface area contributed by atoms with E-state index < -0.39 is 0 Å². The number of aromatic nitrogens is 2. The summed E-state index contributed by atoms with van der Waals surface area (Å²) in [4.78, 5) is 14.0. The van der Waals surface area contributed by atoms with Crippen LogP contribution in [0.15, 0.2) is 30.5 Å². The predicted molar refractivity (Wildman–Crippen MR) is 69.3 cm³/mol. The van der Waals surface area contributed by atoms with Crippen molar-refractivity contribution in [3.8, 4) is 17.3 Å². The van der Waals surface area contributed by atoms with E-state index in [9.17, 15) is 4.79 Å². The summed E-state index contributed by atoms with van der Waals surface area (Å²) in [7, 11) is 0. The smallest absolute Gasteiger partial charge is 0.257 e. The van der Waals surface area contributed by atoms with Gasteiger partial charge in [-0.05, 0) is 18.6 Å². The van der Waals surface area contributed by atoms with Gasteiger partial charge in [0.15, 0.2) is 0 Å². The van der Waals surface area contributed by atoms with Gasteiger partial charge in [0.1, 0.15) is 0 Å². The molecule has 94 valence electrons. The van der Waals surface area contributed by atoms with Crippen molar-refractivity contribution in [1.29, 1.82) is 5.26 Å². The van der Waals surface area contributed by atoms with Crippen molar-refractivity contribution >= 4 is 5.91 Å². The van der Waals surface area contributed by atoms with Gasteiger partial charge in [0.2, 0.25) is 0 Å². The third-order valence-electron chi connectivity index (χ3n) is 3.29. The SMILES string of the molecule is N#Cc1cccc(-c2[nH]ncc2C(=O)N2CCC2)c1. The average molecular weight is 252 g/mol. The molecule has 5 nitrogen and oxygen atoms in total. The Kier molecular flexibility index (Phi) is 2.76. The number of nitriles is 1. The summed E-state index contributed by atoms with van der Waals surface area (Å²) in [5.41, 5.74) is 2.61. The lowest BCUT2D eigenvalue weighted by Crippen LogP contribution is -2.42. The molecule has 3 rings (SSSR count). The van der Waals surface area contributed by atoms with E-state index >= 15 is 0 Å². The first-order valence-electron chi connectivity index (χ1n) is 6.13. The number of benzene rings is 1. The minimum Gasteiger partial charge on any atom is -0.338 e. The number of aromatic amines is 1. The van der Waals surface area contributed by atoms with Crippen molar-refractivity contribution in [3.05, 3.63) is 41.6 Å². The molecule has 0 bridgehead atoms. The van der Waals surface area contributed by atoms with E-state index in [2.05, 4.69) is 16.3 Å². The van der Waals surface area contributed by atoms with Gasteiger partial charge in [-0.1, -0.05) is 12.1 Å². The number of nitrogens with one attached hydrogen (secondary N) is 1. The molecule has 2 heterocycles. The van der Waals surface area contributed by atoms with E-state index in [1.807, 2.05) is 6.07 Å². The molecular weight excluding hydrogens is 240 g/mol. The van der Waals surface area contributed by atoms with E-state index in [0.717, 1.165) is 25.1 Å². The zero-order valence-corrected chi connectivity index (χ0v) is 10.3. The summed E-state index contributed by atoms with van der Waals surface area (Å²) in [6.07, 6.45) is 2.61. The van der Waals surface area contributed by atoms with Crippen LogP contribution in [0.1, 0.15) is 22.3 Å². The number of carbonyl (C=O) groups is 1. The molecule has 0 saturated carbocycles. The van der Waals surface area contributed by atoms with E-state index in [-0.39, 0.29) is 5.91 Å². The van der Waals surface area contributed by atoms with Crippen molar-refractivity contribution in [2.45, 2.75) is 6.42 Å². The Labute approximate surface area is 110 Å². The maximum absolute atomic E-state index is 12.2. The molecule has 1 aliphatic heterocycles. The molecule has 5 heteroatoms. The standard InChI is InChI=1S/C14H12N4O/c15-8-10-3-1-4-11(7-10)13-12(9-16-17-13)14(19)18-5-2-6-18/h1,3-4,7,9H,2,5-6H2,(H,16,17). The van der Waals surface area contributed by atoms with Crippen molar-refractivity contribution in [2.24, 2.45) is 0 Å². The van der Waals surface area contributed by atoms with Gasteiger partial charge in [0, 0.05) is 18.7 Å². The Balaban J connectivity index is 1.99.